The number of likely N-dealkylation sites (N-methyl/N-ethyl adjacent to an activating group) is 1. The highest BCUT2D eigenvalue weighted by atomic mass is 16.5. The van der Waals surface area contributed by atoms with Crippen molar-refractivity contribution in [3.05, 3.63) is 0 Å². The SMILES string of the molecule is COC(=O)CN(C)C(=O)N[C@@H](CCC(=O)O)C(=O)O. The summed E-state index contributed by atoms with van der Waals surface area (Å²) in [4.78, 5) is 44.6. The second-order valence-corrected chi connectivity index (χ2v) is 3.70. The summed E-state index contributed by atoms with van der Waals surface area (Å²) >= 11 is 0. The summed E-state index contributed by atoms with van der Waals surface area (Å²) in [7, 11) is 2.43. The van der Waals surface area contributed by atoms with E-state index in [1.165, 1.54) is 7.05 Å². The maximum atomic E-state index is 11.6. The fourth-order valence-electron chi connectivity index (χ4n) is 1.11. The highest BCUT2D eigenvalue weighted by Gasteiger charge is 2.23. The van der Waals surface area contributed by atoms with E-state index in [1.54, 1.807) is 0 Å². The number of carboxylic acid groups (broad SMARTS) is 2. The molecule has 1 atom stereocenters. The number of carbonyl (C=O) groups is 4. The van der Waals surface area contributed by atoms with Gasteiger partial charge in [0.1, 0.15) is 12.6 Å². The van der Waals surface area contributed by atoms with Crippen LogP contribution in [0.2, 0.25) is 0 Å². The Kier molecular flexibility index (Phi) is 6.94. The molecule has 9 nitrogen and oxygen atoms in total. The number of ether oxygens (including phenoxy) is 1. The quantitative estimate of drug-likeness (QED) is 0.514. The highest BCUT2D eigenvalue weighted by Crippen LogP contribution is 1.99. The summed E-state index contributed by atoms with van der Waals surface area (Å²) in [5.41, 5.74) is 0. The second-order valence-electron chi connectivity index (χ2n) is 3.70. The van der Waals surface area contributed by atoms with E-state index in [0.717, 1.165) is 12.0 Å². The molecule has 0 radical (unpaired) electrons. The van der Waals surface area contributed by atoms with Crippen LogP contribution in [0.5, 0.6) is 0 Å². The number of esters is 1. The molecular weight excluding hydrogens is 260 g/mol. The Morgan fingerprint density at radius 3 is 2.26 bits per heavy atom. The number of hydrogen-bond donors (Lipinski definition) is 3. The fourth-order valence-corrected chi connectivity index (χ4v) is 1.11. The summed E-state index contributed by atoms with van der Waals surface area (Å²) in [6, 6.07) is -2.13. The summed E-state index contributed by atoms with van der Waals surface area (Å²) < 4.78 is 4.35. The first-order valence-electron chi connectivity index (χ1n) is 5.31. The van der Waals surface area contributed by atoms with Gasteiger partial charge in [-0.3, -0.25) is 9.59 Å². The van der Waals surface area contributed by atoms with Crippen molar-refractivity contribution in [2.75, 3.05) is 20.7 Å². The zero-order valence-electron chi connectivity index (χ0n) is 10.6. The van der Waals surface area contributed by atoms with Gasteiger partial charge in [-0.05, 0) is 6.42 Å². The van der Waals surface area contributed by atoms with Crippen molar-refractivity contribution < 1.29 is 34.1 Å². The Balaban J connectivity index is 4.41. The van der Waals surface area contributed by atoms with E-state index >= 15 is 0 Å². The number of carbonyl (C=O) groups excluding carboxylic acids is 2. The van der Waals surface area contributed by atoms with Crippen LogP contribution in [0.15, 0.2) is 0 Å². The normalized spacial score (nSPS) is 11.3. The van der Waals surface area contributed by atoms with Gasteiger partial charge >= 0.3 is 23.9 Å². The van der Waals surface area contributed by atoms with E-state index < -0.39 is 36.4 Å². The fraction of sp³-hybridized carbons (Fsp3) is 0.600. The van der Waals surface area contributed by atoms with Crippen LogP contribution in [-0.4, -0.2) is 65.8 Å². The summed E-state index contributed by atoms with van der Waals surface area (Å²) in [6.07, 6.45) is -0.638. The lowest BCUT2D eigenvalue weighted by atomic mass is 10.1. The van der Waals surface area contributed by atoms with E-state index in [0.29, 0.717) is 0 Å². The zero-order chi connectivity index (χ0) is 15.0. The Bertz CT molecular complexity index is 369. The Hall–Kier alpha value is -2.32. The van der Waals surface area contributed by atoms with Crippen LogP contribution in [-0.2, 0) is 19.1 Å². The largest absolute Gasteiger partial charge is 0.481 e. The second kappa shape index (κ2) is 7.90. The van der Waals surface area contributed by atoms with Gasteiger partial charge in [-0.1, -0.05) is 0 Å². The molecule has 19 heavy (non-hydrogen) atoms. The van der Waals surface area contributed by atoms with Crippen LogP contribution in [0.1, 0.15) is 12.8 Å². The van der Waals surface area contributed by atoms with Gasteiger partial charge < -0.3 is 25.2 Å². The van der Waals surface area contributed by atoms with Crippen LogP contribution >= 0.6 is 0 Å². The van der Waals surface area contributed by atoms with Gasteiger partial charge in [0.2, 0.25) is 0 Å². The smallest absolute Gasteiger partial charge is 0.326 e. The van der Waals surface area contributed by atoms with Crippen molar-refractivity contribution in [2.24, 2.45) is 0 Å². The molecule has 9 heteroatoms. The Labute approximate surface area is 109 Å². The lowest BCUT2D eigenvalue weighted by molar-refractivity contribution is -0.141. The molecule has 0 spiro atoms. The minimum Gasteiger partial charge on any atom is -0.481 e. The monoisotopic (exact) mass is 276 g/mol. The Morgan fingerprint density at radius 1 is 1.26 bits per heavy atom. The third kappa shape index (κ3) is 6.86. The van der Waals surface area contributed by atoms with Crippen molar-refractivity contribution in [3.63, 3.8) is 0 Å². The van der Waals surface area contributed by atoms with E-state index in [2.05, 4.69) is 10.1 Å². The standard InChI is InChI=1S/C10H16N2O7/c1-12(5-8(15)19-2)10(18)11-6(9(16)17)3-4-7(13)14/h6H,3-5H2,1-2H3,(H,11,18)(H,13,14)(H,16,17)/t6-/m0/s1. The lowest BCUT2D eigenvalue weighted by Gasteiger charge is -2.20. The maximum Gasteiger partial charge on any atom is 0.326 e. The van der Waals surface area contributed by atoms with Gasteiger partial charge in [0.05, 0.1) is 7.11 Å². The molecule has 0 aliphatic rings. The van der Waals surface area contributed by atoms with Crippen LogP contribution in [0.3, 0.4) is 0 Å². The molecule has 0 unspecified atom stereocenters. The molecule has 3 N–H and O–H groups in total. The molecule has 0 saturated carbocycles. The first-order chi connectivity index (χ1) is 8.77. The number of urea groups is 1. The van der Waals surface area contributed by atoms with Crippen molar-refractivity contribution in [1.82, 2.24) is 10.2 Å². The Morgan fingerprint density at radius 2 is 1.84 bits per heavy atom. The van der Waals surface area contributed by atoms with Crippen LogP contribution in [0.25, 0.3) is 0 Å². The zero-order valence-corrected chi connectivity index (χ0v) is 10.6. The molecule has 0 aromatic rings. The predicted octanol–water partition coefficient (Wildman–Crippen LogP) is -0.881. The summed E-state index contributed by atoms with van der Waals surface area (Å²) in [6.45, 7) is -0.340. The van der Waals surface area contributed by atoms with Crippen molar-refractivity contribution in [1.29, 1.82) is 0 Å². The van der Waals surface area contributed by atoms with Gasteiger partial charge in [-0.15, -0.1) is 0 Å². The summed E-state index contributed by atoms with van der Waals surface area (Å²) in [5.74, 6) is -3.17. The molecule has 0 aliphatic heterocycles. The molecule has 0 aromatic carbocycles. The molecule has 0 aliphatic carbocycles. The van der Waals surface area contributed by atoms with Crippen molar-refractivity contribution >= 4 is 23.9 Å². The van der Waals surface area contributed by atoms with Gasteiger partial charge in [-0.2, -0.15) is 0 Å². The average molecular weight is 276 g/mol. The van der Waals surface area contributed by atoms with E-state index in [4.69, 9.17) is 10.2 Å². The third-order valence-electron chi connectivity index (χ3n) is 2.18. The molecule has 2 amide bonds. The van der Waals surface area contributed by atoms with Crippen molar-refractivity contribution in [2.45, 2.75) is 18.9 Å². The van der Waals surface area contributed by atoms with Gasteiger partial charge in [0.25, 0.3) is 0 Å². The molecule has 0 saturated heterocycles. The molecule has 0 rings (SSSR count). The topological polar surface area (TPSA) is 133 Å². The number of aliphatic carboxylic acids is 2. The number of hydrogen-bond acceptors (Lipinski definition) is 5. The minimum atomic E-state index is -1.35. The number of methoxy groups -OCH3 is 1. The van der Waals surface area contributed by atoms with E-state index in [9.17, 15) is 19.2 Å². The number of nitrogens with one attached hydrogen (secondary N) is 1. The van der Waals surface area contributed by atoms with E-state index in [1.807, 2.05) is 0 Å². The van der Waals surface area contributed by atoms with Crippen molar-refractivity contribution in [3.8, 4) is 0 Å². The first kappa shape index (κ1) is 16.7. The third-order valence-corrected chi connectivity index (χ3v) is 2.18. The first-order valence-corrected chi connectivity index (χ1v) is 5.31. The molecule has 108 valence electrons. The molecule has 0 fully saturated rings. The minimum absolute atomic E-state index is 0.248. The number of nitrogens with zero attached hydrogens (tertiary/aromatic N) is 1. The van der Waals surface area contributed by atoms with Crippen LogP contribution < -0.4 is 5.32 Å². The lowest BCUT2D eigenvalue weighted by Crippen LogP contribution is -2.48. The highest BCUT2D eigenvalue weighted by molar-refractivity contribution is 5.85. The molecule has 0 bridgehead atoms. The maximum absolute atomic E-state index is 11.6. The van der Waals surface area contributed by atoms with Gasteiger partial charge in [0, 0.05) is 13.5 Å². The average Bonchev–Trinajstić information content (AvgIpc) is 2.32. The van der Waals surface area contributed by atoms with Gasteiger partial charge in [0.15, 0.2) is 0 Å². The van der Waals surface area contributed by atoms with Crippen LogP contribution in [0, 0.1) is 0 Å². The molecular formula is C10H16N2O7. The number of rotatable bonds is 7. The molecule has 0 aromatic heterocycles. The van der Waals surface area contributed by atoms with E-state index in [-0.39, 0.29) is 13.0 Å². The number of carboxylic acids is 2. The number of amides is 2. The summed E-state index contributed by atoms with van der Waals surface area (Å²) in [5, 5.41) is 19.4. The predicted molar refractivity (Wildman–Crippen MR) is 61.5 cm³/mol. The molecule has 0 heterocycles. The van der Waals surface area contributed by atoms with Gasteiger partial charge in [-0.25, -0.2) is 9.59 Å². The van der Waals surface area contributed by atoms with Crippen LogP contribution in [0.4, 0.5) is 4.79 Å².